The van der Waals surface area contributed by atoms with Crippen LogP contribution < -0.4 is 9.64 Å². The van der Waals surface area contributed by atoms with Gasteiger partial charge in [-0.25, -0.2) is 4.98 Å². The highest BCUT2D eigenvalue weighted by molar-refractivity contribution is 6.06. The summed E-state index contributed by atoms with van der Waals surface area (Å²) in [5, 5.41) is 4.35. The van der Waals surface area contributed by atoms with E-state index in [9.17, 15) is 4.79 Å². The van der Waals surface area contributed by atoms with Gasteiger partial charge in [-0.3, -0.25) is 14.4 Å². The van der Waals surface area contributed by atoms with Crippen LogP contribution in [0.1, 0.15) is 41.4 Å². The molecule has 0 atom stereocenters. The second kappa shape index (κ2) is 5.12. The molecule has 1 aliphatic heterocycles. The van der Waals surface area contributed by atoms with E-state index < -0.39 is 0 Å². The van der Waals surface area contributed by atoms with E-state index in [2.05, 4.69) is 10.1 Å². The maximum Gasteiger partial charge on any atom is 0.261 e. The van der Waals surface area contributed by atoms with Gasteiger partial charge >= 0.3 is 0 Å². The second-order valence-corrected chi connectivity index (χ2v) is 5.88. The predicted molar refractivity (Wildman–Crippen MR) is 81.3 cm³/mol. The molecule has 6 nitrogen and oxygen atoms in total. The van der Waals surface area contributed by atoms with Crippen molar-refractivity contribution in [3.63, 3.8) is 0 Å². The van der Waals surface area contributed by atoms with Gasteiger partial charge in [-0.15, -0.1) is 0 Å². The Morgan fingerprint density at radius 1 is 1.36 bits per heavy atom. The minimum atomic E-state index is -0.0409. The molecule has 6 heteroatoms. The van der Waals surface area contributed by atoms with Gasteiger partial charge < -0.3 is 4.74 Å². The Kier molecular flexibility index (Phi) is 3.10. The maximum absolute atomic E-state index is 12.8. The molecule has 2 aromatic rings. The molecule has 0 N–H and O–H groups in total. The topological polar surface area (TPSA) is 60.2 Å². The number of nitrogens with zero attached hydrogens (tertiary/aromatic N) is 4. The summed E-state index contributed by atoms with van der Waals surface area (Å²) in [7, 11) is 0. The van der Waals surface area contributed by atoms with Crippen LogP contribution in [0.3, 0.4) is 0 Å². The summed E-state index contributed by atoms with van der Waals surface area (Å²) in [5.74, 6) is 0.492. The zero-order valence-electron chi connectivity index (χ0n) is 12.5. The molecule has 0 aromatic carbocycles. The average molecular weight is 298 g/mol. The Labute approximate surface area is 128 Å². The summed E-state index contributed by atoms with van der Waals surface area (Å²) < 4.78 is 7.49. The van der Waals surface area contributed by atoms with Crippen LogP contribution >= 0.6 is 0 Å². The third-order valence-corrected chi connectivity index (χ3v) is 4.37. The highest BCUT2D eigenvalue weighted by Crippen LogP contribution is 2.32. The molecule has 0 spiro atoms. The van der Waals surface area contributed by atoms with E-state index in [1.807, 2.05) is 29.9 Å². The van der Waals surface area contributed by atoms with Gasteiger partial charge in [-0.1, -0.05) is 0 Å². The minimum absolute atomic E-state index is 0.0409. The lowest BCUT2D eigenvalue weighted by Crippen LogP contribution is -2.38. The first-order chi connectivity index (χ1) is 10.7. The molecular formula is C16H18N4O2. The number of fused-ring (bicyclic) bond motifs is 1. The van der Waals surface area contributed by atoms with Gasteiger partial charge in [-0.05, 0) is 38.3 Å². The fraction of sp³-hybridized carbons (Fsp3) is 0.438. The van der Waals surface area contributed by atoms with Crippen LogP contribution in [-0.4, -0.2) is 33.8 Å². The number of carbonyl (C=O) groups is 1. The molecule has 4 rings (SSSR count). The summed E-state index contributed by atoms with van der Waals surface area (Å²) in [6.45, 7) is 2.91. The summed E-state index contributed by atoms with van der Waals surface area (Å²) in [4.78, 5) is 18.9. The molecule has 0 bridgehead atoms. The molecule has 1 fully saturated rings. The van der Waals surface area contributed by atoms with Gasteiger partial charge in [0, 0.05) is 11.9 Å². The number of ether oxygens (including phenoxy) is 1. The molecule has 0 unspecified atom stereocenters. The van der Waals surface area contributed by atoms with Crippen LogP contribution in [-0.2, 0) is 0 Å². The molecule has 2 aliphatic rings. The zero-order chi connectivity index (χ0) is 15.1. The molecule has 22 heavy (non-hydrogen) atoms. The molecule has 1 saturated carbocycles. The Morgan fingerprint density at radius 2 is 2.23 bits per heavy atom. The lowest BCUT2D eigenvalue weighted by molar-refractivity contribution is 0.0975. The average Bonchev–Trinajstić information content (AvgIpc) is 2.93. The van der Waals surface area contributed by atoms with Crippen LogP contribution in [0.15, 0.2) is 24.5 Å². The summed E-state index contributed by atoms with van der Waals surface area (Å²) in [5.41, 5.74) is 2.24. The SMILES string of the molecule is Cc1ccc2c(n1)OCCN2C(=O)c1cnn(C2CCC2)c1. The van der Waals surface area contributed by atoms with E-state index in [-0.39, 0.29) is 5.91 Å². The number of aryl methyl sites for hydroxylation is 1. The van der Waals surface area contributed by atoms with Crippen LogP contribution in [0.25, 0.3) is 0 Å². The largest absolute Gasteiger partial charge is 0.474 e. The van der Waals surface area contributed by atoms with Crippen LogP contribution in [0.5, 0.6) is 5.88 Å². The normalized spacial score (nSPS) is 17.6. The van der Waals surface area contributed by atoms with Gasteiger partial charge in [0.15, 0.2) is 0 Å². The minimum Gasteiger partial charge on any atom is -0.474 e. The quantitative estimate of drug-likeness (QED) is 0.854. The molecule has 1 amide bonds. The van der Waals surface area contributed by atoms with E-state index >= 15 is 0 Å². The number of rotatable bonds is 2. The van der Waals surface area contributed by atoms with Crippen molar-refractivity contribution in [1.82, 2.24) is 14.8 Å². The smallest absolute Gasteiger partial charge is 0.261 e. The van der Waals surface area contributed by atoms with Crippen molar-refractivity contribution in [1.29, 1.82) is 0 Å². The van der Waals surface area contributed by atoms with Crippen molar-refractivity contribution in [2.24, 2.45) is 0 Å². The van der Waals surface area contributed by atoms with Crippen LogP contribution in [0, 0.1) is 6.92 Å². The molecule has 114 valence electrons. The highest BCUT2D eigenvalue weighted by Gasteiger charge is 2.28. The lowest BCUT2D eigenvalue weighted by Gasteiger charge is -2.28. The van der Waals surface area contributed by atoms with E-state index in [0.29, 0.717) is 30.6 Å². The Balaban J connectivity index is 1.62. The first-order valence-electron chi connectivity index (χ1n) is 7.69. The molecule has 0 radical (unpaired) electrons. The second-order valence-electron chi connectivity index (χ2n) is 5.88. The molecule has 2 aromatic heterocycles. The summed E-state index contributed by atoms with van der Waals surface area (Å²) in [6.07, 6.45) is 7.08. The van der Waals surface area contributed by atoms with Crippen molar-refractivity contribution in [3.8, 4) is 5.88 Å². The fourth-order valence-corrected chi connectivity index (χ4v) is 2.86. The standard InChI is InChI=1S/C16H18N4O2/c1-11-5-6-14-15(18-11)22-8-7-19(14)16(21)12-9-17-20(10-12)13-3-2-4-13/h5-6,9-10,13H,2-4,7-8H2,1H3. The van der Waals surface area contributed by atoms with Crippen molar-refractivity contribution in [2.45, 2.75) is 32.2 Å². The van der Waals surface area contributed by atoms with E-state index in [1.54, 1.807) is 11.1 Å². The maximum atomic E-state index is 12.8. The fourth-order valence-electron chi connectivity index (χ4n) is 2.86. The van der Waals surface area contributed by atoms with E-state index in [1.165, 1.54) is 6.42 Å². The number of aromatic nitrogens is 3. The number of hydrogen-bond acceptors (Lipinski definition) is 4. The number of anilines is 1. The Hall–Kier alpha value is -2.37. The Morgan fingerprint density at radius 3 is 3.00 bits per heavy atom. The van der Waals surface area contributed by atoms with Gasteiger partial charge in [0.25, 0.3) is 5.91 Å². The third-order valence-electron chi connectivity index (χ3n) is 4.37. The van der Waals surface area contributed by atoms with Crippen molar-refractivity contribution in [3.05, 3.63) is 35.8 Å². The zero-order valence-corrected chi connectivity index (χ0v) is 12.5. The van der Waals surface area contributed by atoms with Crippen LogP contribution in [0.2, 0.25) is 0 Å². The number of carbonyl (C=O) groups excluding carboxylic acids is 1. The number of pyridine rings is 1. The van der Waals surface area contributed by atoms with Gasteiger partial charge in [0.1, 0.15) is 12.3 Å². The number of hydrogen-bond donors (Lipinski definition) is 0. The van der Waals surface area contributed by atoms with Gasteiger partial charge in [-0.2, -0.15) is 5.10 Å². The monoisotopic (exact) mass is 298 g/mol. The molecule has 0 saturated heterocycles. The van der Waals surface area contributed by atoms with Crippen molar-refractivity contribution >= 4 is 11.6 Å². The Bertz CT molecular complexity index is 721. The summed E-state index contributed by atoms with van der Waals surface area (Å²) >= 11 is 0. The molecular weight excluding hydrogens is 280 g/mol. The third kappa shape index (κ3) is 2.15. The highest BCUT2D eigenvalue weighted by atomic mass is 16.5. The predicted octanol–water partition coefficient (Wildman–Crippen LogP) is 2.35. The molecule has 3 heterocycles. The van der Waals surface area contributed by atoms with Gasteiger partial charge in [0.05, 0.1) is 24.3 Å². The van der Waals surface area contributed by atoms with Crippen molar-refractivity contribution in [2.75, 3.05) is 18.1 Å². The van der Waals surface area contributed by atoms with E-state index in [4.69, 9.17) is 4.74 Å². The van der Waals surface area contributed by atoms with E-state index in [0.717, 1.165) is 24.2 Å². The van der Waals surface area contributed by atoms with Gasteiger partial charge in [0.2, 0.25) is 5.88 Å². The van der Waals surface area contributed by atoms with Crippen LogP contribution in [0.4, 0.5) is 5.69 Å². The first-order valence-corrected chi connectivity index (χ1v) is 7.69. The lowest BCUT2D eigenvalue weighted by atomic mass is 9.93. The number of amides is 1. The first kappa shape index (κ1) is 13.3. The molecule has 1 aliphatic carbocycles. The van der Waals surface area contributed by atoms with Crippen molar-refractivity contribution < 1.29 is 9.53 Å². The summed E-state index contributed by atoms with van der Waals surface area (Å²) in [6, 6.07) is 4.25.